The summed E-state index contributed by atoms with van der Waals surface area (Å²) in [5, 5.41) is 2.78. The molecule has 0 aromatic heterocycles. The van der Waals surface area contributed by atoms with E-state index < -0.39 is 10.0 Å². The number of nitrogens with one attached hydrogen (secondary N) is 1. The number of benzene rings is 1. The Morgan fingerprint density at radius 1 is 1.24 bits per heavy atom. The maximum absolute atomic E-state index is 11.9. The molecule has 0 atom stereocenters. The van der Waals surface area contributed by atoms with E-state index in [1.807, 2.05) is 24.3 Å². The maximum atomic E-state index is 11.9. The summed E-state index contributed by atoms with van der Waals surface area (Å²) in [6.45, 7) is 5.85. The molecule has 0 saturated carbocycles. The highest BCUT2D eigenvalue weighted by atomic mass is 32.2. The van der Waals surface area contributed by atoms with Gasteiger partial charge in [-0.05, 0) is 38.0 Å². The molecular formula is C15H24N2O3S. The van der Waals surface area contributed by atoms with Crippen molar-refractivity contribution in [1.29, 1.82) is 0 Å². The molecule has 0 saturated heterocycles. The van der Waals surface area contributed by atoms with Gasteiger partial charge in [-0.25, -0.2) is 8.42 Å². The van der Waals surface area contributed by atoms with Crippen LogP contribution < -0.4 is 5.32 Å². The monoisotopic (exact) mass is 312 g/mol. The first-order valence-corrected chi connectivity index (χ1v) is 8.94. The third-order valence-electron chi connectivity index (χ3n) is 3.21. The Morgan fingerprint density at radius 3 is 2.24 bits per heavy atom. The van der Waals surface area contributed by atoms with Crippen LogP contribution >= 0.6 is 0 Å². The summed E-state index contributed by atoms with van der Waals surface area (Å²) in [5.74, 6) is -0.187. The molecule has 1 aromatic carbocycles. The van der Waals surface area contributed by atoms with Gasteiger partial charge in [-0.2, -0.15) is 4.31 Å². The van der Waals surface area contributed by atoms with E-state index in [4.69, 9.17) is 0 Å². The van der Waals surface area contributed by atoms with Crippen LogP contribution in [0.4, 0.5) is 5.69 Å². The summed E-state index contributed by atoms with van der Waals surface area (Å²) < 4.78 is 24.5. The number of carbonyl (C=O) groups is 1. The molecule has 0 bridgehead atoms. The zero-order valence-corrected chi connectivity index (χ0v) is 13.9. The van der Waals surface area contributed by atoms with Crippen molar-refractivity contribution in [3.63, 3.8) is 0 Å². The van der Waals surface area contributed by atoms with Crippen molar-refractivity contribution in [2.24, 2.45) is 0 Å². The van der Waals surface area contributed by atoms with Crippen LogP contribution in [0.5, 0.6) is 0 Å². The van der Waals surface area contributed by atoms with E-state index >= 15 is 0 Å². The highest BCUT2D eigenvalue weighted by Gasteiger charge is 2.20. The number of carbonyl (C=O) groups excluding carboxylic acids is 1. The predicted octanol–water partition coefficient (Wildman–Crippen LogP) is 2.25. The minimum Gasteiger partial charge on any atom is -0.326 e. The van der Waals surface area contributed by atoms with Gasteiger partial charge in [0, 0.05) is 24.7 Å². The van der Waals surface area contributed by atoms with E-state index in [0.717, 1.165) is 18.4 Å². The number of amides is 1. The average Bonchev–Trinajstić information content (AvgIpc) is 2.37. The number of anilines is 1. The quantitative estimate of drug-likeness (QED) is 0.839. The molecule has 21 heavy (non-hydrogen) atoms. The highest BCUT2D eigenvalue weighted by Crippen LogP contribution is 2.11. The van der Waals surface area contributed by atoms with Crippen molar-refractivity contribution < 1.29 is 13.2 Å². The van der Waals surface area contributed by atoms with Crippen LogP contribution in [0.15, 0.2) is 24.3 Å². The largest absolute Gasteiger partial charge is 0.326 e. The Balaban J connectivity index is 2.56. The van der Waals surface area contributed by atoms with Crippen LogP contribution in [0.3, 0.4) is 0 Å². The molecule has 0 aliphatic carbocycles. The van der Waals surface area contributed by atoms with Crippen molar-refractivity contribution in [2.45, 2.75) is 39.7 Å². The summed E-state index contributed by atoms with van der Waals surface area (Å²) in [7, 11) is -3.29. The normalized spacial score (nSPS) is 11.9. The molecule has 118 valence electrons. The van der Waals surface area contributed by atoms with Crippen molar-refractivity contribution in [3.05, 3.63) is 29.8 Å². The van der Waals surface area contributed by atoms with Gasteiger partial charge < -0.3 is 5.32 Å². The molecule has 0 radical (unpaired) electrons. The summed E-state index contributed by atoms with van der Waals surface area (Å²) in [6.07, 6.45) is 2.25. The lowest BCUT2D eigenvalue weighted by Crippen LogP contribution is -2.38. The number of rotatable bonds is 7. The fourth-order valence-corrected chi connectivity index (χ4v) is 3.25. The molecule has 1 amide bonds. The molecule has 0 aliphatic heterocycles. The lowest BCUT2D eigenvalue weighted by molar-refractivity contribution is -0.116. The second kappa shape index (κ2) is 7.56. The smallest absolute Gasteiger partial charge is 0.225 e. The summed E-state index contributed by atoms with van der Waals surface area (Å²) >= 11 is 0. The summed E-state index contributed by atoms with van der Waals surface area (Å²) in [4.78, 5) is 11.9. The lowest BCUT2D eigenvalue weighted by atomic mass is 10.1. The van der Waals surface area contributed by atoms with Gasteiger partial charge in [0.25, 0.3) is 0 Å². The van der Waals surface area contributed by atoms with Gasteiger partial charge in [-0.15, -0.1) is 0 Å². The van der Waals surface area contributed by atoms with Crippen LogP contribution in [0.2, 0.25) is 0 Å². The number of hydrogen-bond donors (Lipinski definition) is 1. The fourth-order valence-electron chi connectivity index (χ4n) is 2.07. The first kappa shape index (κ1) is 17.7. The van der Waals surface area contributed by atoms with Crippen molar-refractivity contribution in [3.8, 4) is 0 Å². The third kappa shape index (κ3) is 5.85. The van der Waals surface area contributed by atoms with Gasteiger partial charge in [0.2, 0.25) is 15.9 Å². The van der Waals surface area contributed by atoms with Gasteiger partial charge in [0.05, 0.1) is 6.26 Å². The van der Waals surface area contributed by atoms with E-state index in [2.05, 4.69) is 12.2 Å². The molecule has 0 aliphatic rings. The second-order valence-electron chi connectivity index (χ2n) is 5.32. The number of nitrogens with zero attached hydrogens (tertiary/aromatic N) is 1. The number of hydrogen-bond acceptors (Lipinski definition) is 3. The van der Waals surface area contributed by atoms with Crippen LogP contribution in [0.25, 0.3) is 0 Å². The van der Waals surface area contributed by atoms with E-state index in [1.165, 1.54) is 9.87 Å². The highest BCUT2D eigenvalue weighted by molar-refractivity contribution is 7.88. The van der Waals surface area contributed by atoms with Crippen LogP contribution in [-0.2, 0) is 21.2 Å². The zero-order chi connectivity index (χ0) is 16.0. The molecule has 6 heteroatoms. The van der Waals surface area contributed by atoms with E-state index in [9.17, 15) is 13.2 Å². The van der Waals surface area contributed by atoms with Crippen LogP contribution in [0, 0.1) is 0 Å². The summed E-state index contributed by atoms with van der Waals surface area (Å²) in [6, 6.07) is 7.48. The Kier molecular flexibility index (Phi) is 6.36. The van der Waals surface area contributed by atoms with Crippen LogP contribution in [-0.4, -0.2) is 37.5 Å². The second-order valence-corrected chi connectivity index (χ2v) is 7.25. The molecule has 1 rings (SSSR count). The Labute approximate surface area is 127 Å². The Bertz CT molecular complexity index is 565. The molecule has 5 nitrogen and oxygen atoms in total. The van der Waals surface area contributed by atoms with E-state index in [1.54, 1.807) is 13.8 Å². The van der Waals surface area contributed by atoms with Crippen molar-refractivity contribution >= 4 is 21.6 Å². The number of aryl methyl sites for hydroxylation is 1. The minimum atomic E-state index is -3.29. The predicted molar refractivity (Wildman–Crippen MR) is 85.8 cm³/mol. The molecule has 0 unspecified atom stereocenters. The first-order valence-electron chi connectivity index (χ1n) is 7.09. The first-order chi connectivity index (χ1) is 9.74. The maximum Gasteiger partial charge on any atom is 0.225 e. The molecule has 1 N–H and O–H groups in total. The van der Waals surface area contributed by atoms with Gasteiger partial charge >= 0.3 is 0 Å². The SMILES string of the molecule is CCc1ccc(NC(=O)CCN(C(C)C)S(C)(=O)=O)cc1. The van der Waals surface area contributed by atoms with E-state index in [-0.39, 0.29) is 24.9 Å². The minimum absolute atomic E-state index is 0.140. The Morgan fingerprint density at radius 2 is 1.81 bits per heavy atom. The molecule has 0 heterocycles. The van der Waals surface area contributed by atoms with E-state index in [0.29, 0.717) is 0 Å². The Hall–Kier alpha value is -1.40. The van der Waals surface area contributed by atoms with Gasteiger partial charge in [0.15, 0.2) is 0 Å². The molecule has 0 spiro atoms. The molecule has 1 aromatic rings. The molecule has 0 fully saturated rings. The van der Waals surface area contributed by atoms with Crippen LogP contribution in [0.1, 0.15) is 32.8 Å². The van der Waals surface area contributed by atoms with Crippen molar-refractivity contribution in [1.82, 2.24) is 4.31 Å². The van der Waals surface area contributed by atoms with Gasteiger partial charge in [0.1, 0.15) is 0 Å². The third-order valence-corrected chi connectivity index (χ3v) is 4.66. The average molecular weight is 312 g/mol. The summed E-state index contributed by atoms with van der Waals surface area (Å²) in [5.41, 5.74) is 1.93. The fraction of sp³-hybridized carbons (Fsp3) is 0.533. The molecular weight excluding hydrogens is 288 g/mol. The zero-order valence-electron chi connectivity index (χ0n) is 13.1. The van der Waals surface area contributed by atoms with Gasteiger partial charge in [-0.1, -0.05) is 19.1 Å². The topological polar surface area (TPSA) is 66.5 Å². The standard InChI is InChI=1S/C15H24N2O3S/c1-5-13-6-8-14(9-7-13)16-15(18)10-11-17(12(2)3)21(4,19)20/h6-9,12H,5,10-11H2,1-4H3,(H,16,18). The number of sulfonamides is 1. The van der Waals surface area contributed by atoms with Crippen molar-refractivity contribution in [2.75, 3.05) is 18.1 Å². The van der Waals surface area contributed by atoms with Gasteiger partial charge in [-0.3, -0.25) is 4.79 Å². The lowest BCUT2D eigenvalue weighted by Gasteiger charge is -2.23.